The fourth-order valence-electron chi connectivity index (χ4n) is 12.3. The first-order valence-electron chi connectivity index (χ1n) is 37.1. The Balaban J connectivity index is 0.737. The average molecular weight is 1550 g/mol. The van der Waals surface area contributed by atoms with Crippen LogP contribution in [-0.2, 0) is 125 Å². The molecule has 0 saturated carbocycles. The standard InChI is InChI=1S/C73H105FN12O24/c1-7-73(99)52-39-57-65-50(42-86(57)70(96)51(52)43-110-71(73)97)64-54(14-13-49-45(2)53(74)40-56(83-65)63(49)64)84-72(98)77-19-18-76-59(88)41-78-66(92)46(3)79-67(93)47(4)80-68(94)48(5)81-69(95)55(82-58(87)12-10-20-85-61(90)15-16-62(85)91)11-8-9-17-75-60(89)44-109-38-37-108-36-35-107-34-33-106-32-31-105-30-29-104-28-27-103-26-25-102-24-23-101-22-21-100-6/h15-16,39-40,46-48,54-55,99H,7-14,17-38,41-44H2,1-6H3,(H,75,89)(H,76,88)(H,78,92)(H,79,93)(H,80,94)(H,81,95)(H,82,87)(H2,77,84,98)/t46-,47-,48-,54+,55-,73-/m1/s1. The molecule has 37 heteroatoms. The third-order valence-corrected chi connectivity index (χ3v) is 18.3. The second-order valence-corrected chi connectivity index (χ2v) is 26.2. The molecule has 5 heterocycles. The molecule has 0 unspecified atom stereocenters. The molecule has 3 aromatic rings. The van der Waals surface area contributed by atoms with E-state index < -0.39 is 119 Å². The SMILES string of the molecule is CC[C@]1(O)C(=O)OCc2c1cc1n(c2=O)Cc2c-1nc1cc(F)c(C)c3c1c2[C@@H](NC(=O)NCCNC(=O)CNC(=O)[C@@H](C)NC(=O)[C@@H](C)NC(=O)[C@@H](C)NC(=O)[C@@H](CCCCNC(=O)COCCOCCOCCOCCOCCOCCOCCOCCOCCOC)NC(=O)CCCN1C(=O)C=CC1=O)CC3. The summed E-state index contributed by atoms with van der Waals surface area (Å²) in [6, 6.07) is -3.26. The summed E-state index contributed by atoms with van der Waals surface area (Å²) in [7, 11) is 1.62. The highest BCUT2D eigenvalue weighted by atomic mass is 19.1. The molecule has 0 radical (unpaired) electrons. The van der Waals surface area contributed by atoms with Gasteiger partial charge in [0.05, 0.1) is 161 Å². The van der Waals surface area contributed by atoms with E-state index in [2.05, 4.69) is 47.9 Å². The Labute approximate surface area is 635 Å². The lowest BCUT2D eigenvalue weighted by molar-refractivity contribution is -0.172. The minimum atomic E-state index is -2.07. The van der Waals surface area contributed by atoms with E-state index in [-0.39, 0.29) is 96.0 Å². The summed E-state index contributed by atoms with van der Waals surface area (Å²) in [4.78, 5) is 162. The highest BCUT2D eigenvalue weighted by molar-refractivity contribution is 6.13. The van der Waals surface area contributed by atoms with Gasteiger partial charge in [0.15, 0.2) is 5.60 Å². The number of urea groups is 1. The smallest absolute Gasteiger partial charge is 0.343 e. The Kier molecular flexibility index (Phi) is 36.9. The van der Waals surface area contributed by atoms with Crippen LogP contribution in [0.5, 0.6) is 0 Å². The Hall–Kier alpha value is -9.02. The first kappa shape index (κ1) is 88.2. The van der Waals surface area contributed by atoms with Crippen molar-refractivity contribution in [1.29, 1.82) is 0 Å². The fourth-order valence-corrected chi connectivity index (χ4v) is 12.3. The van der Waals surface area contributed by atoms with Crippen LogP contribution in [0.25, 0.3) is 22.3 Å². The van der Waals surface area contributed by atoms with Crippen molar-refractivity contribution in [2.24, 2.45) is 0 Å². The van der Waals surface area contributed by atoms with E-state index in [0.717, 1.165) is 17.1 Å². The Morgan fingerprint density at radius 3 is 1.71 bits per heavy atom. The minimum Gasteiger partial charge on any atom is -0.458 e. The van der Waals surface area contributed by atoms with Crippen molar-refractivity contribution in [2.75, 3.05) is 165 Å². The van der Waals surface area contributed by atoms with Gasteiger partial charge in [-0.1, -0.05) is 6.92 Å². The van der Waals surface area contributed by atoms with Crippen LogP contribution < -0.4 is 53.4 Å². The Bertz CT molecular complexity index is 3750. The van der Waals surface area contributed by atoms with Gasteiger partial charge in [-0.15, -0.1) is 0 Å². The quantitative estimate of drug-likeness (QED) is 0.0141. The molecule has 0 bridgehead atoms. The molecule has 7 rings (SSSR count). The number of nitrogens with one attached hydrogen (secondary N) is 9. The lowest BCUT2D eigenvalue weighted by Gasteiger charge is -2.31. The van der Waals surface area contributed by atoms with E-state index in [9.17, 15) is 62.6 Å². The number of pyridine rings is 2. The molecular weight excluding hydrogens is 1450 g/mol. The average Bonchev–Trinajstić information content (AvgIpc) is 1.50. The number of cyclic esters (lactones) is 1. The molecular formula is C73H105FN12O24. The monoisotopic (exact) mass is 1550 g/mol. The summed E-state index contributed by atoms with van der Waals surface area (Å²) < 4.78 is 76.1. The van der Waals surface area contributed by atoms with Gasteiger partial charge in [-0.05, 0) is 95.4 Å². The second-order valence-electron chi connectivity index (χ2n) is 26.2. The molecule has 0 fully saturated rings. The molecule has 608 valence electrons. The van der Waals surface area contributed by atoms with Crippen molar-refractivity contribution in [1.82, 2.24) is 62.3 Å². The number of aryl methyl sites for hydroxylation is 1. The molecule has 1 aliphatic carbocycles. The maximum atomic E-state index is 15.4. The Morgan fingerprint density at radius 2 is 1.15 bits per heavy atom. The predicted octanol–water partition coefficient (Wildman–Crippen LogP) is -1.17. The van der Waals surface area contributed by atoms with Gasteiger partial charge in [0, 0.05) is 74.4 Å². The largest absolute Gasteiger partial charge is 0.458 e. The second kappa shape index (κ2) is 46.0. The summed E-state index contributed by atoms with van der Waals surface area (Å²) in [6.45, 7) is 13.7. The van der Waals surface area contributed by atoms with Crippen LogP contribution in [0.2, 0.25) is 0 Å². The van der Waals surface area contributed by atoms with Crippen LogP contribution in [0.15, 0.2) is 29.1 Å². The number of carbonyl (C=O) groups is 11. The van der Waals surface area contributed by atoms with Gasteiger partial charge < -0.3 is 110 Å². The molecule has 10 N–H and O–H groups in total. The van der Waals surface area contributed by atoms with Gasteiger partial charge in [-0.2, -0.15) is 0 Å². The highest BCUT2D eigenvalue weighted by Gasteiger charge is 2.46. The van der Waals surface area contributed by atoms with Gasteiger partial charge in [0.25, 0.3) is 17.4 Å². The van der Waals surface area contributed by atoms with Crippen molar-refractivity contribution in [3.8, 4) is 11.4 Å². The molecule has 4 aliphatic rings. The number of methoxy groups -OCH3 is 1. The number of amides is 11. The molecule has 3 aliphatic heterocycles. The summed E-state index contributed by atoms with van der Waals surface area (Å²) in [5.41, 5.74) is 1.04. The molecule has 1 aromatic carbocycles. The number of hydrogen-bond acceptors (Lipinski definition) is 25. The normalized spacial score (nSPS) is 16.4. The van der Waals surface area contributed by atoms with Gasteiger partial charge in [0.1, 0.15) is 43.2 Å². The zero-order valence-corrected chi connectivity index (χ0v) is 63.3. The number of rotatable bonds is 53. The number of esters is 1. The van der Waals surface area contributed by atoms with E-state index in [0.29, 0.717) is 176 Å². The number of carbonyl (C=O) groups excluding carboxylic acids is 11. The van der Waals surface area contributed by atoms with Crippen molar-refractivity contribution in [3.63, 3.8) is 0 Å². The summed E-state index contributed by atoms with van der Waals surface area (Å²) in [5, 5.41) is 35.6. The number of halogens is 1. The van der Waals surface area contributed by atoms with Gasteiger partial charge in [0.2, 0.25) is 41.4 Å². The van der Waals surface area contributed by atoms with Gasteiger partial charge in [-0.3, -0.25) is 52.8 Å². The van der Waals surface area contributed by atoms with Crippen LogP contribution in [0.4, 0.5) is 9.18 Å². The molecule has 6 atom stereocenters. The van der Waals surface area contributed by atoms with Crippen LogP contribution in [-0.4, -0.2) is 274 Å². The lowest BCUT2D eigenvalue weighted by atomic mass is 9.81. The minimum absolute atomic E-state index is 0.0384. The van der Waals surface area contributed by atoms with Crippen molar-refractivity contribution in [3.05, 3.63) is 73.8 Å². The Morgan fingerprint density at radius 1 is 0.618 bits per heavy atom. The van der Waals surface area contributed by atoms with Crippen molar-refractivity contribution in [2.45, 2.75) is 135 Å². The summed E-state index contributed by atoms with van der Waals surface area (Å²) in [5.74, 6) is -7.08. The van der Waals surface area contributed by atoms with Crippen LogP contribution in [0.1, 0.15) is 112 Å². The van der Waals surface area contributed by atoms with Gasteiger partial charge in [-0.25, -0.2) is 19.0 Å². The maximum Gasteiger partial charge on any atom is 0.343 e. The molecule has 110 heavy (non-hydrogen) atoms. The number of ether oxygens (including phenoxy) is 11. The fraction of sp³-hybridized carbons (Fsp3) is 0.630. The number of aliphatic hydroxyl groups is 1. The zero-order valence-electron chi connectivity index (χ0n) is 63.3. The highest BCUT2D eigenvalue weighted by Crippen LogP contribution is 2.46. The first-order valence-corrected chi connectivity index (χ1v) is 37.1. The first-order chi connectivity index (χ1) is 53.0. The molecule has 0 spiro atoms. The molecule has 2 aromatic heterocycles. The van der Waals surface area contributed by atoms with E-state index >= 15 is 4.39 Å². The third kappa shape index (κ3) is 26.6. The summed E-state index contributed by atoms with van der Waals surface area (Å²) in [6.07, 6.45) is 3.62. The number of aromatic nitrogens is 2. The van der Waals surface area contributed by atoms with Crippen molar-refractivity contribution < 1.29 is 114 Å². The predicted molar refractivity (Wildman–Crippen MR) is 389 cm³/mol. The van der Waals surface area contributed by atoms with E-state index in [4.69, 9.17) is 57.1 Å². The lowest BCUT2D eigenvalue weighted by Crippen LogP contribution is -2.56. The van der Waals surface area contributed by atoms with E-state index in [1.165, 1.54) is 31.4 Å². The topological polar surface area (TPSA) is 456 Å². The van der Waals surface area contributed by atoms with E-state index in [1.807, 2.05) is 0 Å². The molecule has 36 nitrogen and oxygen atoms in total. The number of nitrogens with zero attached hydrogens (tertiary/aromatic N) is 3. The van der Waals surface area contributed by atoms with Crippen LogP contribution >= 0.6 is 0 Å². The number of benzene rings is 1. The maximum absolute atomic E-state index is 15.4. The molecule has 0 saturated heterocycles. The van der Waals surface area contributed by atoms with Gasteiger partial charge >= 0.3 is 12.0 Å². The number of fused-ring (bicyclic) bond motifs is 5. The molecule has 11 amide bonds. The summed E-state index contributed by atoms with van der Waals surface area (Å²) >= 11 is 0. The van der Waals surface area contributed by atoms with Crippen LogP contribution in [0, 0.1) is 12.7 Å². The number of unbranched alkanes of at least 4 members (excludes halogenated alkanes) is 1. The van der Waals surface area contributed by atoms with Crippen molar-refractivity contribution >= 4 is 76.1 Å². The van der Waals surface area contributed by atoms with Crippen LogP contribution in [0.3, 0.4) is 0 Å². The van der Waals surface area contributed by atoms with E-state index in [1.54, 1.807) is 27.0 Å². The number of hydrogen-bond donors (Lipinski definition) is 10. The number of imide groups is 1. The zero-order chi connectivity index (χ0) is 79.5. The third-order valence-electron chi connectivity index (χ3n) is 18.3.